The fourth-order valence-corrected chi connectivity index (χ4v) is 0.869. The summed E-state index contributed by atoms with van der Waals surface area (Å²) in [5, 5.41) is 8.35. The van der Waals surface area contributed by atoms with Crippen LogP contribution in [0.25, 0.3) is 0 Å². The van der Waals surface area contributed by atoms with Crippen LogP contribution in [0.5, 0.6) is 0 Å². The molecule has 4 heteroatoms. The van der Waals surface area contributed by atoms with Gasteiger partial charge in [0.05, 0.1) is 13.2 Å². The Morgan fingerprint density at radius 2 is 2.29 bits per heavy atom. The summed E-state index contributed by atoms with van der Waals surface area (Å²) in [7, 11) is 3.26. The molecule has 14 heavy (non-hydrogen) atoms. The zero-order chi connectivity index (χ0) is 11.0. The molecule has 0 unspecified atom stereocenters. The Balaban J connectivity index is 3.90. The summed E-state index contributed by atoms with van der Waals surface area (Å²) in [6.07, 6.45) is 2.30. The first-order valence-corrected chi connectivity index (χ1v) is 4.42. The number of methoxy groups -OCH3 is 1. The maximum atomic E-state index is 11.0. The van der Waals surface area contributed by atoms with Crippen molar-refractivity contribution in [3.63, 3.8) is 0 Å². The molecule has 0 saturated heterocycles. The second-order valence-corrected chi connectivity index (χ2v) is 3.05. The normalized spacial score (nSPS) is 11.2. The van der Waals surface area contributed by atoms with Crippen LogP contribution in [0.3, 0.4) is 0 Å². The van der Waals surface area contributed by atoms with Crippen LogP contribution in [-0.4, -0.2) is 38.1 Å². The molecule has 0 saturated carbocycles. The van der Waals surface area contributed by atoms with Crippen molar-refractivity contribution < 1.29 is 9.53 Å². The van der Waals surface area contributed by atoms with Gasteiger partial charge in [-0.1, -0.05) is 6.08 Å². The van der Waals surface area contributed by atoms with Gasteiger partial charge >= 0.3 is 5.97 Å². The summed E-state index contributed by atoms with van der Waals surface area (Å²) in [5.74, 6) is -0.307. The van der Waals surface area contributed by atoms with Crippen LogP contribution in [0, 0.1) is 11.3 Å². The number of esters is 1. The quantitative estimate of drug-likeness (QED) is 0.485. The topological polar surface area (TPSA) is 53.3 Å². The molecule has 0 aliphatic heterocycles. The van der Waals surface area contributed by atoms with Gasteiger partial charge in [0.15, 0.2) is 0 Å². The van der Waals surface area contributed by atoms with Gasteiger partial charge in [-0.25, -0.2) is 4.79 Å². The van der Waals surface area contributed by atoms with Crippen LogP contribution in [0.1, 0.15) is 13.3 Å². The standard InChI is InChI=1S/C10H16N2O2/c1-9(10(13)14-3)5-8-12(2)7-4-6-11/h5H,4,7-8H2,1-3H3. The Morgan fingerprint density at radius 3 is 2.79 bits per heavy atom. The van der Waals surface area contributed by atoms with E-state index in [0.717, 1.165) is 0 Å². The molecule has 0 aromatic heterocycles. The second-order valence-electron chi connectivity index (χ2n) is 3.05. The van der Waals surface area contributed by atoms with Crippen LogP contribution in [0.4, 0.5) is 0 Å². The molecule has 0 spiro atoms. The number of carbonyl (C=O) groups is 1. The van der Waals surface area contributed by atoms with E-state index in [2.05, 4.69) is 10.8 Å². The first-order chi connectivity index (χ1) is 6.61. The largest absolute Gasteiger partial charge is 0.466 e. The second kappa shape index (κ2) is 7.10. The number of nitrogens with zero attached hydrogens (tertiary/aromatic N) is 2. The van der Waals surface area contributed by atoms with E-state index >= 15 is 0 Å². The molecule has 0 rings (SSSR count). The molecule has 0 amide bonds. The highest BCUT2D eigenvalue weighted by atomic mass is 16.5. The van der Waals surface area contributed by atoms with E-state index in [1.807, 2.05) is 11.9 Å². The predicted octanol–water partition coefficient (Wildman–Crippen LogP) is 0.951. The summed E-state index contributed by atoms with van der Waals surface area (Å²) in [4.78, 5) is 12.9. The van der Waals surface area contributed by atoms with Crippen molar-refractivity contribution >= 4 is 5.97 Å². The average molecular weight is 196 g/mol. The molecule has 0 aromatic carbocycles. The Hall–Kier alpha value is -1.34. The minimum absolute atomic E-state index is 0.307. The molecule has 0 aliphatic carbocycles. The number of rotatable bonds is 5. The minimum Gasteiger partial charge on any atom is -0.466 e. The zero-order valence-electron chi connectivity index (χ0n) is 8.91. The van der Waals surface area contributed by atoms with Crippen LogP contribution < -0.4 is 0 Å². The van der Waals surface area contributed by atoms with E-state index in [4.69, 9.17) is 5.26 Å². The molecule has 4 nitrogen and oxygen atoms in total. The molecule has 0 aliphatic rings. The van der Waals surface area contributed by atoms with Gasteiger partial charge < -0.3 is 9.64 Å². The van der Waals surface area contributed by atoms with Gasteiger partial charge in [-0.15, -0.1) is 0 Å². The monoisotopic (exact) mass is 196 g/mol. The molecule has 0 aromatic rings. The van der Waals surface area contributed by atoms with Crippen molar-refractivity contribution in [3.05, 3.63) is 11.6 Å². The SMILES string of the molecule is COC(=O)C(C)=CCN(C)CCC#N. The summed E-state index contributed by atoms with van der Waals surface area (Å²) in [5.41, 5.74) is 0.594. The van der Waals surface area contributed by atoms with E-state index in [1.54, 1.807) is 13.0 Å². The van der Waals surface area contributed by atoms with E-state index in [9.17, 15) is 4.79 Å². The summed E-state index contributed by atoms with van der Waals surface area (Å²) in [6, 6.07) is 2.07. The van der Waals surface area contributed by atoms with Crippen molar-refractivity contribution in [2.24, 2.45) is 0 Å². The Bertz CT molecular complexity index is 253. The third kappa shape index (κ3) is 5.33. The smallest absolute Gasteiger partial charge is 0.333 e. The van der Waals surface area contributed by atoms with Gasteiger partial charge in [0, 0.05) is 25.1 Å². The van der Waals surface area contributed by atoms with Crippen molar-refractivity contribution in [2.75, 3.05) is 27.2 Å². The number of hydrogen-bond donors (Lipinski definition) is 0. The Morgan fingerprint density at radius 1 is 1.64 bits per heavy atom. The summed E-state index contributed by atoms with van der Waals surface area (Å²) in [6.45, 7) is 3.08. The van der Waals surface area contributed by atoms with Gasteiger partial charge in [-0.2, -0.15) is 5.26 Å². The lowest BCUT2D eigenvalue weighted by Crippen LogP contribution is -2.20. The number of likely N-dealkylation sites (N-methyl/N-ethyl adjacent to an activating group) is 1. The molecule has 78 valence electrons. The maximum Gasteiger partial charge on any atom is 0.333 e. The lowest BCUT2D eigenvalue weighted by molar-refractivity contribution is -0.136. The highest BCUT2D eigenvalue weighted by Crippen LogP contribution is 1.96. The third-order valence-electron chi connectivity index (χ3n) is 1.82. The first kappa shape index (κ1) is 12.7. The van der Waals surface area contributed by atoms with Gasteiger partial charge in [-0.05, 0) is 14.0 Å². The minimum atomic E-state index is -0.307. The van der Waals surface area contributed by atoms with Crippen molar-refractivity contribution in [1.29, 1.82) is 5.26 Å². The number of nitriles is 1. The van der Waals surface area contributed by atoms with Crippen LogP contribution in [-0.2, 0) is 9.53 Å². The average Bonchev–Trinajstić information content (AvgIpc) is 2.21. The van der Waals surface area contributed by atoms with Crippen molar-refractivity contribution in [3.8, 4) is 6.07 Å². The van der Waals surface area contributed by atoms with E-state index in [-0.39, 0.29) is 5.97 Å². The summed E-state index contributed by atoms with van der Waals surface area (Å²) < 4.78 is 4.55. The molecule has 0 radical (unpaired) electrons. The molecule has 0 atom stereocenters. The molecular weight excluding hydrogens is 180 g/mol. The molecule has 0 N–H and O–H groups in total. The zero-order valence-corrected chi connectivity index (χ0v) is 8.91. The van der Waals surface area contributed by atoms with Gasteiger partial charge in [0.2, 0.25) is 0 Å². The van der Waals surface area contributed by atoms with Gasteiger partial charge in [0.1, 0.15) is 0 Å². The number of hydrogen-bond acceptors (Lipinski definition) is 4. The van der Waals surface area contributed by atoms with Crippen LogP contribution in [0.2, 0.25) is 0 Å². The Labute approximate surface area is 84.8 Å². The predicted molar refractivity (Wildman–Crippen MR) is 53.5 cm³/mol. The van der Waals surface area contributed by atoms with Gasteiger partial charge in [-0.3, -0.25) is 0 Å². The van der Waals surface area contributed by atoms with Crippen molar-refractivity contribution in [1.82, 2.24) is 4.90 Å². The van der Waals surface area contributed by atoms with Gasteiger partial charge in [0.25, 0.3) is 0 Å². The number of carbonyl (C=O) groups excluding carboxylic acids is 1. The number of ether oxygens (including phenoxy) is 1. The van der Waals surface area contributed by atoms with Crippen molar-refractivity contribution in [2.45, 2.75) is 13.3 Å². The van der Waals surface area contributed by atoms with E-state index in [1.165, 1.54) is 7.11 Å². The molecular formula is C10H16N2O2. The van der Waals surface area contributed by atoms with Crippen LogP contribution >= 0.6 is 0 Å². The van der Waals surface area contributed by atoms with Crippen LogP contribution in [0.15, 0.2) is 11.6 Å². The summed E-state index contributed by atoms with van der Waals surface area (Å²) >= 11 is 0. The molecule has 0 bridgehead atoms. The first-order valence-electron chi connectivity index (χ1n) is 4.42. The fraction of sp³-hybridized carbons (Fsp3) is 0.600. The maximum absolute atomic E-state index is 11.0. The van der Waals surface area contributed by atoms with E-state index < -0.39 is 0 Å². The highest BCUT2D eigenvalue weighted by molar-refractivity contribution is 5.87. The molecule has 0 fully saturated rings. The fourth-order valence-electron chi connectivity index (χ4n) is 0.869. The lowest BCUT2D eigenvalue weighted by atomic mass is 10.3. The third-order valence-corrected chi connectivity index (χ3v) is 1.82. The van der Waals surface area contributed by atoms with E-state index in [0.29, 0.717) is 25.1 Å². The lowest BCUT2D eigenvalue weighted by Gasteiger charge is -2.11. The molecule has 0 heterocycles. The Kier molecular flexibility index (Phi) is 6.42. The highest BCUT2D eigenvalue weighted by Gasteiger charge is 2.02.